The van der Waals surface area contributed by atoms with Gasteiger partial charge in [-0.15, -0.1) is 0 Å². The van der Waals surface area contributed by atoms with E-state index in [1.165, 1.54) is 16.4 Å². The number of benzene rings is 1. The SMILES string of the molecule is CCN(CC)S(=O)(=O)c1cccc(C(=O)NC(C)c2cccnc2)c1. The largest absolute Gasteiger partial charge is 0.345 e. The van der Waals surface area contributed by atoms with Crippen LogP contribution < -0.4 is 5.32 Å². The molecule has 1 heterocycles. The number of hydrogen-bond acceptors (Lipinski definition) is 4. The second-order valence-corrected chi connectivity index (χ2v) is 7.54. The summed E-state index contributed by atoms with van der Waals surface area (Å²) in [7, 11) is -3.59. The highest BCUT2D eigenvalue weighted by Crippen LogP contribution is 2.18. The molecule has 6 nitrogen and oxygen atoms in total. The predicted octanol–water partition coefficient (Wildman–Crippen LogP) is 2.60. The van der Waals surface area contributed by atoms with E-state index < -0.39 is 10.0 Å². The first-order chi connectivity index (χ1) is 11.9. The number of carbonyl (C=O) groups is 1. The Bertz CT molecular complexity index is 818. The lowest BCUT2D eigenvalue weighted by Crippen LogP contribution is -2.31. The average molecular weight is 361 g/mol. The van der Waals surface area contributed by atoms with Gasteiger partial charge in [0.1, 0.15) is 0 Å². The molecule has 0 saturated carbocycles. The molecule has 0 radical (unpaired) electrons. The highest BCUT2D eigenvalue weighted by molar-refractivity contribution is 7.89. The Labute approximate surface area is 148 Å². The minimum absolute atomic E-state index is 0.123. The Morgan fingerprint density at radius 1 is 1.20 bits per heavy atom. The van der Waals surface area contributed by atoms with E-state index in [-0.39, 0.29) is 16.8 Å². The maximum Gasteiger partial charge on any atom is 0.251 e. The summed E-state index contributed by atoms with van der Waals surface area (Å²) in [6, 6.07) is 9.55. The highest BCUT2D eigenvalue weighted by Gasteiger charge is 2.22. The lowest BCUT2D eigenvalue weighted by atomic mass is 10.1. The maximum atomic E-state index is 12.6. The first-order valence-electron chi connectivity index (χ1n) is 8.21. The summed E-state index contributed by atoms with van der Waals surface area (Å²) in [6.07, 6.45) is 3.35. The van der Waals surface area contributed by atoms with E-state index in [2.05, 4.69) is 10.3 Å². The summed E-state index contributed by atoms with van der Waals surface area (Å²) < 4.78 is 26.6. The number of aromatic nitrogens is 1. The van der Waals surface area contributed by atoms with Crippen LogP contribution in [0.4, 0.5) is 0 Å². The summed E-state index contributed by atoms with van der Waals surface area (Å²) in [4.78, 5) is 16.6. The monoisotopic (exact) mass is 361 g/mol. The van der Waals surface area contributed by atoms with Crippen molar-refractivity contribution in [3.8, 4) is 0 Å². The standard InChI is InChI=1S/C18H23N3O3S/c1-4-21(5-2)25(23,24)17-10-6-8-15(12-17)18(22)20-14(3)16-9-7-11-19-13-16/h6-14H,4-5H2,1-3H3,(H,20,22). The summed E-state index contributed by atoms with van der Waals surface area (Å²) in [5.74, 6) is -0.326. The lowest BCUT2D eigenvalue weighted by Gasteiger charge is -2.19. The molecule has 0 fully saturated rings. The van der Waals surface area contributed by atoms with Crippen LogP contribution in [0, 0.1) is 0 Å². The van der Waals surface area contributed by atoms with Gasteiger partial charge < -0.3 is 5.32 Å². The number of rotatable bonds is 7. The van der Waals surface area contributed by atoms with Crippen molar-refractivity contribution in [2.45, 2.75) is 31.7 Å². The summed E-state index contributed by atoms with van der Waals surface area (Å²) in [5, 5.41) is 2.86. The minimum Gasteiger partial charge on any atom is -0.345 e. The van der Waals surface area contributed by atoms with E-state index in [9.17, 15) is 13.2 Å². The maximum absolute atomic E-state index is 12.6. The quantitative estimate of drug-likeness (QED) is 0.822. The molecule has 1 aromatic carbocycles. The van der Waals surface area contributed by atoms with Crippen LogP contribution in [0.25, 0.3) is 0 Å². The minimum atomic E-state index is -3.59. The van der Waals surface area contributed by atoms with Crippen LogP contribution in [-0.2, 0) is 10.0 Å². The van der Waals surface area contributed by atoms with Crippen molar-refractivity contribution < 1.29 is 13.2 Å². The van der Waals surface area contributed by atoms with Crippen LogP contribution >= 0.6 is 0 Å². The molecule has 1 aromatic heterocycles. The Balaban J connectivity index is 2.22. The van der Waals surface area contributed by atoms with Crippen LogP contribution in [0.5, 0.6) is 0 Å². The molecular weight excluding hydrogens is 338 g/mol. The van der Waals surface area contributed by atoms with Gasteiger partial charge in [-0.25, -0.2) is 8.42 Å². The van der Waals surface area contributed by atoms with Crippen molar-refractivity contribution in [3.63, 3.8) is 0 Å². The van der Waals surface area contributed by atoms with Gasteiger partial charge in [0.05, 0.1) is 10.9 Å². The van der Waals surface area contributed by atoms with E-state index in [4.69, 9.17) is 0 Å². The van der Waals surface area contributed by atoms with Gasteiger partial charge in [0.2, 0.25) is 10.0 Å². The van der Waals surface area contributed by atoms with E-state index in [0.717, 1.165) is 5.56 Å². The molecule has 1 atom stereocenters. The van der Waals surface area contributed by atoms with Crippen molar-refractivity contribution in [2.75, 3.05) is 13.1 Å². The average Bonchev–Trinajstić information content (AvgIpc) is 2.63. The number of nitrogens with one attached hydrogen (secondary N) is 1. The first kappa shape index (κ1) is 19.1. The zero-order valence-electron chi connectivity index (χ0n) is 14.6. The number of pyridine rings is 1. The Hall–Kier alpha value is -2.25. The topological polar surface area (TPSA) is 79.4 Å². The fourth-order valence-electron chi connectivity index (χ4n) is 2.51. The molecule has 0 aliphatic rings. The molecular formula is C18H23N3O3S. The smallest absolute Gasteiger partial charge is 0.251 e. The van der Waals surface area contributed by atoms with Gasteiger partial charge in [-0.3, -0.25) is 9.78 Å². The Kier molecular flexibility index (Phi) is 6.27. The third-order valence-corrected chi connectivity index (χ3v) is 6.02. The van der Waals surface area contributed by atoms with Gasteiger partial charge in [0, 0.05) is 31.0 Å². The van der Waals surface area contributed by atoms with Gasteiger partial charge in [0.25, 0.3) is 5.91 Å². The number of amides is 1. The van der Waals surface area contributed by atoms with Crippen molar-refractivity contribution in [1.29, 1.82) is 0 Å². The molecule has 2 aromatic rings. The molecule has 2 rings (SSSR count). The van der Waals surface area contributed by atoms with Crippen LogP contribution in [0.2, 0.25) is 0 Å². The van der Waals surface area contributed by atoms with E-state index in [1.54, 1.807) is 44.4 Å². The third-order valence-electron chi connectivity index (χ3n) is 3.97. The summed E-state index contributed by atoms with van der Waals surface area (Å²) in [6.45, 7) is 6.19. The number of nitrogens with zero attached hydrogens (tertiary/aromatic N) is 2. The molecule has 0 bridgehead atoms. The molecule has 1 N–H and O–H groups in total. The second kappa shape index (κ2) is 8.22. The van der Waals surface area contributed by atoms with E-state index in [0.29, 0.717) is 18.7 Å². The highest BCUT2D eigenvalue weighted by atomic mass is 32.2. The molecule has 7 heteroatoms. The Morgan fingerprint density at radius 2 is 1.92 bits per heavy atom. The molecule has 0 aliphatic heterocycles. The molecule has 134 valence electrons. The van der Waals surface area contributed by atoms with Crippen LogP contribution in [0.15, 0.2) is 53.7 Å². The van der Waals surface area contributed by atoms with E-state index >= 15 is 0 Å². The van der Waals surface area contributed by atoms with Crippen molar-refractivity contribution in [3.05, 3.63) is 59.9 Å². The zero-order valence-corrected chi connectivity index (χ0v) is 15.5. The van der Waals surface area contributed by atoms with Crippen LogP contribution in [0.3, 0.4) is 0 Å². The van der Waals surface area contributed by atoms with Crippen molar-refractivity contribution >= 4 is 15.9 Å². The number of hydrogen-bond donors (Lipinski definition) is 1. The molecule has 0 aliphatic carbocycles. The molecule has 25 heavy (non-hydrogen) atoms. The second-order valence-electron chi connectivity index (χ2n) is 5.60. The zero-order chi connectivity index (χ0) is 18.4. The van der Waals surface area contributed by atoms with Gasteiger partial charge in [-0.05, 0) is 36.8 Å². The van der Waals surface area contributed by atoms with Gasteiger partial charge in [-0.2, -0.15) is 4.31 Å². The van der Waals surface area contributed by atoms with Gasteiger partial charge >= 0.3 is 0 Å². The van der Waals surface area contributed by atoms with Crippen molar-refractivity contribution in [2.24, 2.45) is 0 Å². The fourth-order valence-corrected chi connectivity index (χ4v) is 4.01. The molecule has 1 amide bonds. The van der Waals surface area contributed by atoms with Crippen LogP contribution in [0.1, 0.15) is 42.7 Å². The lowest BCUT2D eigenvalue weighted by molar-refractivity contribution is 0.0939. The first-order valence-corrected chi connectivity index (χ1v) is 9.65. The van der Waals surface area contributed by atoms with E-state index in [1.807, 2.05) is 13.0 Å². The van der Waals surface area contributed by atoms with Gasteiger partial charge in [0.15, 0.2) is 0 Å². The number of carbonyl (C=O) groups excluding carboxylic acids is 1. The third kappa shape index (κ3) is 4.43. The molecule has 1 unspecified atom stereocenters. The van der Waals surface area contributed by atoms with Crippen molar-refractivity contribution in [1.82, 2.24) is 14.6 Å². The normalized spacial score (nSPS) is 12.8. The molecule has 0 saturated heterocycles. The fraction of sp³-hybridized carbons (Fsp3) is 0.333. The summed E-state index contributed by atoms with van der Waals surface area (Å²) >= 11 is 0. The van der Waals surface area contributed by atoms with Gasteiger partial charge in [-0.1, -0.05) is 26.0 Å². The number of sulfonamides is 1. The summed E-state index contributed by atoms with van der Waals surface area (Å²) in [5.41, 5.74) is 1.19. The Morgan fingerprint density at radius 3 is 2.52 bits per heavy atom. The molecule has 0 spiro atoms. The predicted molar refractivity (Wildman–Crippen MR) is 96.7 cm³/mol. The van der Waals surface area contributed by atoms with Crippen LogP contribution in [-0.4, -0.2) is 36.7 Å².